The maximum Gasteiger partial charge on any atom is 0.574 e. The maximum absolute atomic E-state index is 12.8. The van der Waals surface area contributed by atoms with Gasteiger partial charge in [-0.15, -0.1) is 13.2 Å². The van der Waals surface area contributed by atoms with Crippen molar-refractivity contribution in [2.75, 3.05) is 6.61 Å². The van der Waals surface area contributed by atoms with Crippen molar-refractivity contribution in [3.8, 4) is 5.75 Å². The number of ether oxygens (including phenoxy) is 2. The molecule has 4 rings (SSSR count). The normalized spacial score (nSPS) is 22.0. The summed E-state index contributed by atoms with van der Waals surface area (Å²) in [5.74, 6) is 0.170. The third kappa shape index (κ3) is 1.73. The van der Waals surface area contributed by atoms with Gasteiger partial charge in [-0.25, -0.2) is 4.99 Å². The van der Waals surface area contributed by atoms with E-state index < -0.39 is 11.8 Å². The molecule has 1 unspecified atom stereocenters. The summed E-state index contributed by atoms with van der Waals surface area (Å²) in [6, 6.07) is 14.0. The van der Waals surface area contributed by atoms with Crippen molar-refractivity contribution in [3.05, 3.63) is 59.7 Å². The van der Waals surface area contributed by atoms with Crippen LogP contribution >= 0.6 is 0 Å². The van der Waals surface area contributed by atoms with Gasteiger partial charge >= 0.3 is 6.36 Å². The van der Waals surface area contributed by atoms with Crippen molar-refractivity contribution >= 4 is 11.6 Å². The number of fused-ring (bicyclic) bond motifs is 4. The van der Waals surface area contributed by atoms with Gasteiger partial charge in [-0.05, 0) is 12.1 Å². The summed E-state index contributed by atoms with van der Waals surface area (Å²) in [5, 5.41) is 0. The van der Waals surface area contributed by atoms with Crippen LogP contribution in [0.25, 0.3) is 0 Å². The number of alkyl halides is 3. The lowest BCUT2D eigenvalue weighted by Crippen LogP contribution is -2.40. The summed E-state index contributed by atoms with van der Waals surface area (Å²) < 4.78 is 48.3. The SMILES string of the molecule is FC(F)(F)OC1=Nc2ccccc2C12COc1ccccc12. The third-order valence-electron chi connectivity index (χ3n) is 3.95. The van der Waals surface area contributed by atoms with Crippen molar-refractivity contribution < 1.29 is 22.6 Å². The van der Waals surface area contributed by atoms with Crippen LogP contribution in [-0.4, -0.2) is 18.9 Å². The van der Waals surface area contributed by atoms with Gasteiger partial charge in [0.15, 0.2) is 0 Å². The zero-order chi connectivity index (χ0) is 15.4. The smallest absolute Gasteiger partial charge is 0.491 e. The first kappa shape index (κ1) is 13.2. The summed E-state index contributed by atoms with van der Waals surface area (Å²) in [6.45, 7) is 0.0400. The summed E-state index contributed by atoms with van der Waals surface area (Å²) >= 11 is 0. The van der Waals surface area contributed by atoms with Crippen LogP contribution in [0.4, 0.5) is 18.9 Å². The number of benzene rings is 2. The summed E-state index contributed by atoms with van der Waals surface area (Å²) in [5.41, 5.74) is 0.645. The highest BCUT2D eigenvalue weighted by Crippen LogP contribution is 2.52. The van der Waals surface area contributed by atoms with Crippen molar-refractivity contribution in [2.24, 2.45) is 4.99 Å². The highest BCUT2D eigenvalue weighted by Gasteiger charge is 2.55. The number of aliphatic imine (C=N–C) groups is 1. The van der Waals surface area contributed by atoms with E-state index in [1.165, 1.54) is 0 Å². The van der Waals surface area contributed by atoms with Gasteiger partial charge in [-0.3, -0.25) is 0 Å². The molecule has 6 heteroatoms. The van der Waals surface area contributed by atoms with Crippen LogP contribution in [0.5, 0.6) is 5.75 Å². The van der Waals surface area contributed by atoms with Crippen LogP contribution in [0.2, 0.25) is 0 Å². The molecule has 3 nitrogen and oxygen atoms in total. The Morgan fingerprint density at radius 1 is 1.00 bits per heavy atom. The molecule has 0 saturated heterocycles. The molecule has 0 radical (unpaired) electrons. The van der Waals surface area contributed by atoms with E-state index in [0.717, 1.165) is 0 Å². The van der Waals surface area contributed by atoms with E-state index in [2.05, 4.69) is 9.73 Å². The fourth-order valence-electron chi connectivity index (χ4n) is 3.08. The first-order valence-corrected chi connectivity index (χ1v) is 6.67. The molecule has 1 atom stereocenters. The second kappa shape index (κ2) is 4.25. The van der Waals surface area contributed by atoms with Crippen LogP contribution in [0.3, 0.4) is 0 Å². The standard InChI is InChI=1S/C16H10F3NO2/c17-16(18,19)22-14-15(10-5-1-3-7-12(10)20-14)9-21-13-8-4-2-6-11(13)15/h1-8H,9H2. The molecule has 22 heavy (non-hydrogen) atoms. The second-order valence-corrected chi connectivity index (χ2v) is 5.17. The average molecular weight is 305 g/mol. The topological polar surface area (TPSA) is 30.8 Å². The molecule has 0 aromatic heterocycles. The summed E-state index contributed by atoms with van der Waals surface area (Å²) in [7, 11) is 0. The minimum atomic E-state index is -4.80. The quantitative estimate of drug-likeness (QED) is 0.738. The van der Waals surface area contributed by atoms with E-state index in [4.69, 9.17) is 4.74 Å². The third-order valence-corrected chi connectivity index (χ3v) is 3.95. The molecule has 0 fully saturated rings. The average Bonchev–Trinajstić information content (AvgIpc) is 3.00. The van der Waals surface area contributed by atoms with E-state index in [1.807, 2.05) is 0 Å². The Morgan fingerprint density at radius 3 is 2.45 bits per heavy atom. The summed E-state index contributed by atoms with van der Waals surface area (Å²) in [4.78, 5) is 4.07. The van der Waals surface area contributed by atoms with E-state index in [0.29, 0.717) is 22.6 Å². The van der Waals surface area contributed by atoms with Gasteiger partial charge in [0.05, 0.1) is 5.69 Å². The molecule has 0 bridgehead atoms. The fraction of sp³-hybridized carbons (Fsp3) is 0.188. The summed E-state index contributed by atoms with van der Waals surface area (Å²) in [6.07, 6.45) is -4.80. The molecule has 2 heterocycles. The lowest BCUT2D eigenvalue weighted by molar-refractivity contribution is -0.285. The highest BCUT2D eigenvalue weighted by atomic mass is 19.4. The van der Waals surface area contributed by atoms with Gasteiger partial charge in [0.25, 0.3) is 0 Å². The molecular weight excluding hydrogens is 295 g/mol. The molecule has 2 aliphatic heterocycles. The van der Waals surface area contributed by atoms with Crippen LogP contribution in [0, 0.1) is 0 Å². The first-order valence-electron chi connectivity index (χ1n) is 6.67. The molecule has 2 aromatic carbocycles. The zero-order valence-electron chi connectivity index (χ0n) is 11.2. The maximum atomic E-state index is 12.8. The Bertz CT molecular complexity index is 785. The molecular formula is C16H10F3NO2. The Labute approximate surface area is 124 Å². The minimum Gasteiger partial charge on any atom is -0.491 e. The van der Waals surface area contributed by atoms with Gasteiger partial charge in [0.2, 0.25) is 5.90 Å². The van der Waals surface area contributed by atoms with Crippen LogP contribution < -0.4 is 4.74 Å². The van der Waals surface area contributed by atoms with Crippen LogP contribution in [0.15, 0.2) is 53.5 Å². The molecule has 0 aliphatic carbocycles. The number of nitrogens with zero attached hydrogens (tertiary/aromatic N) is 1. The molecule has 1 spiro atoms. The largest absolute Gasteiger partial charge is 0.574 e. The van der Waals surface area contributed by atoms with Gasteiger partial charge in [0.1, 0.15) is 17.8 Å². The lowest BCUT2D eigenvalue weighted by Gasteiger charge is -2.25. The Kier molecular flexibility index (Phi) is 2.55. The number of rotatable bonds is 0. The first-order chi connectivity index (χ1) is 10.5. The molecule has 2 aromatic rings. The number of halogens is 3. The van der Waals surface area contributed by atoms with Gasteiger partial charge in [0, 0.05) is 11.1 Å². The van der Waals surface area contributed by atoms with E-state index in [9.17, 15) is 13.2 Å². The predicted molar refractivity (Wildman–Crippen MR) is 73.4 cm³/mol. The molecule has 0 N–H and O–H groups in total. The monoisotopic (exact) mass is 305 g/mol. The molecule has 112 valence electrons. The fourth-order valence-corrected chi connectivity index (χ4v) is 3.08. The van der Waals surface area contributed by atoms with Gasteiger partial charge in [-0.2, -0.15) is 0 Å². The Balaban J connectivity index is 1.94. The van der Waals surface area contributed by atoms with E-state index >= 15 is 0 Å². The second-order valence-electron chi connectivity index (χ2n) is 5.17. The van der Waals surface area contributed by atoms with E-state index in [-0.39, 0.29) is 12.5 Å². The molecule has 2 aliphatic rings. The number of para-hydroxylation sites is 2. The highest BCUT2D eigenvalue weighted by molar-refractivity contribution is 6.01. The molecule has 0 amide bonds. The van der Waals surface area contributed by atoms with Gasteiger partial charge < -0.3 is 9.47 Å². The van der Waals surface area contributed by atoms with Crippen molar-refractivity contribution in [3.63, 3.8) is 0 Å². The number of hydrogen-bond donors (Lipinski definition) is 0. The van der Waals surface area contributed by atoms with Crippen molar-refractivity contribution in [2.45, 2.75) is 11.8 Å². The van der Waals surface area contributed by atoms with Crippen LogP contribution in [-0.2, 0) is 10.2 Å². The molecule has 0 saturated carbocycles. The lowest BCUT2D eigenvalue weighted by atomic mass is 9.77. The Morgan fingerprint density at radius 2 is 1.68 bits per heavy atom. The Hall–Kier alpha value is -2.50. The zero-order valence-corrected chi connectivity index (χ0v) is 11.2. The van der Waals surface area contributed by atoms with Crippen molar-refractivity contribution in [1.29, 1.82) is 0 Å². The van der Waals surface area contributed by atoms with E-state index in [1.54, 1.807) is 48.5 Å². The van der Waals surface area contributed by atoms with Gasteiger partial charge in [-0.1, -0.05) is 36.4 Å². The van der Waals surface area contributed by atoms with Crippen molar-refractivity contribution in [1.82, 2.24) is 0 Å². The number of hydrogen-bond acceptors (Lipinski definition) is 3. The minimum absolute atomic E-state index is 0.0400. The van der Waals surface area contributed by atoms with Crippen LogP contribution in [0.1, 0.15) is 11.1 Å². The predicted octanol–water partition coefficient (Wildman–Crippen LogP) is 3.95.